The Labute approximate surface area is 155 Å². The van der Waals surface area contributed by atoms with Crippen LogP contribution in [-0.4, -0.2) is 31.2 Å². The molecule has 8 nitrogen and oxygen atoms in total. The van der Waals surface area contributed by atoms with E-state index < -0.39 is 23.2 Å². The van der Waals surface area contributed by atoms with E-state index in [9.17, 15) is 18.4 Å². The van der Waals surface area contributed by atoms with Crippen LogP contribution in [0.5, 0.6) is 5.75 Å². The van der Waals surface area contributed by atoms with E-state index in [1.54, 1.807) is 6.20 Å². The highest BCUT2D eigenvalue weighted by Crippen LogP contribution is 2.25. The molecule has 2 N–H and O–H groups in total. The second-order valence-electron chi connectivity index (χ2n) is 5.90. The van der Waals surface area contributed by atoms with Gasteiger partial charge in [-0.15, -0.1) is 0 Å². The van der Waals surface area contributed by atoms with Gasteiger partial charge in [0.2, 0.25) is 0 Å². The molecule has 0 fully saturated rings. The Kier molecular flexibility index (Phi) is 4.44. The molecule has 0 amide bonds. The van der Waals surface area contributed by atoms with Gasteiger partial charge in [0, 0.05) is 24.7 Å². The van der Waals surface area contributed by atoms with Gasteiger partial charge in [0.25, 0.3) is 5.56 Å². The van der Waals surface area contributed by atoms with Crippen LogP contribution < -0.4 is 16.0 Å². The first-order valence-electron chi connectivity index (χ1n) is 8.20. The number of aromatic amines is 2. The number of fused-ring (bicyclic) bond motifs is 1. The predicted molar refractivity (Wildman–Crippen MR) is 95.4 cm³/mol. The number of aromatic nitrogens is 5. The van der Waals surface area contributed by atoms with Crippen LogP contribution in [0.25, 0.3) is 16.9 Å². The molecule has 3 aromatic heterocycles. The van der Waals surface area contributed by atoms with Crippen molar-refractivity contribution >= 4 is 5.65 Å². The van der Waals surface area contributed by atoms with Crippen LogP contribution in [0.4, 0.5) is 8.78 Å². The third kappa shape index (κ3) is 3.39. The number of benzene rings is 1. The Morgan fingerprint density at radius 1 is 1.21 bits per heavy atom. The lowest BCUT2D eigenvalue weighted by Crippen LogP contribution is -2.23. The summed E-state index contributed by atoms with van der Waals surface area (Å²) >= 11 is 0. The number of halogens is 2. The third-order valence-electron chi connectivity index (χ3n) is 4.04. The number of hydrogen-bond donors (Lipinski definition) is 2. The molecule has 4 aromatic rings. The summed E-state index contributed by atoms with van der Waals surface area (Å²) in [5, 5.41) is 4.25. The summed E-state index contributed by atoms with van der Waals surface area (Å²) in [7, 11) is 0. The number of nitrogens with zero attached hydrogens (tertiary/aromatic N) is 3. The first kappa shape index (κ1) is 17.6. The number of nitrogens with one attached hydrogen (secondary N) is 2. The SMILES string of the molecule is O=c1[nH]cc(-c2cc(OCC(F)c3ccc(F)cc3)c3nccn3n2)c(=O)[nH]1. The Morgan fingerprint density at radius 2 is 2.00 bits per heavy atom. The van der Waals surface area contributed by atoms with Crippen molar-refractivity contribution in [2.24, 2.45) is 0 Å². The zero-order valence-corrected chi connectivity index (χ0v) is 14.2. The summed E-state index contributed by atoms with van der Waals surface area (Å²) in [5.74, 6) is -0.258. The Bertz CT molecular complexity index is 1250. The van der Waals surface area contributed by atoms with Crippen molar-refractivity contribution in [2.45, 2.75) is 6.17 Å². The molecule has 0 aliphatic heterocycles. The molecule has 0 aliphatic carbocycles. The Balaban J connectivity index is 1.66. The van der Waals surface area contributed by atoms with Gasteiger partial charge < -0.3 is 9.72 Å². The summed E-state index contributed by atoms with van der Waals surface area (Å²) < 4.78 is 34.4. The summed E-state index contributed by atoms with van der Waals surface area (Å²) in [6.45, 7) is -0.348. The zero-order valence-electron chi connectivity index (χ0n) is 14.2. The normalized spacial score (nSPS) is 12.2. The van der Waals surface area contributed by atoms with E-state index in [0.29, 0.717) is 5.65 Å². The van der Waals surface area contributed by atoms with Gasteiger partial charge in [-0.05, 0) is 17.7 Å². The molecule has 0 spiro atoms. The van der Waals surface area contributed by atoms with E-state index >= 15 is 0 Å². The molecule has 1 aromatic carbocycles. The van der Waals surface area contributed by atoms with Crippen LogP contribution in [0.15, 0.2) is 58.5 Å². The van der Waals surface area contributed by atoms with E-state index in [4.69, 9.17) is 4.74 Å². The van der Waals surface area contributed by atoms with Crippen molar-refractivity contribution in [3.05, 3.63) is 81.1 Å². The smallest absolute Gasteiger partial charge is 0.325 e. The molecule has 0 radical (unpaired) electrons. The molecule has 3 heterocycles. The molecule has 10 heteroatoms. The van der Waals surface area contributed by atoms with Crippen molar-refractivity contribution in [1.29, 1.82) is 0 Å². The van der Waals surface area contributed by atoms with Gasteiger partial charge in [-0.25, -0.2) is 23.1 Å². The fourth-order valence-corrected chi connectivity index (χ4v) is 2.66. The maximum absolute atomic E-state index is 14.4. The van der Waals surface area contributed by atoms with Crippen LogP contribution in [0, 0.1) is 5.82 Å². The summed E-state index contributed by atoms with van der Waals surface area (Å²) in [4.78, 5) is 31.8. The maximum Gasteiger partial charge on any atom is 0.325 e. The molecular formula is C18H13F2N5O3. The molecule has 4 rings (SSSR count). The largest absolute Gasteiger partial charge is 0.486 e. The molecule has 0 aliphatic rings. The van der Waals surface area contributed by atoms with E-state index in [1.165, 1.54) is 47.2 Å². The first-order valence-corrected chi connectivity index (χ1v) is 8.20. The topological polar surface area (TPSA) is 105 Å². The minimum absolute atomic E-state index is 0.107. The maximum atomic E-state index is 14.4. The van der Waals surface area contributed by atoms with Crippen LogP contribution in [0.1, 0.15) is 11.7 Å². The molecule has 142 valence electrons. The van der Waals surface area contributed by atoms with Gasteiger partial charge in [-0.3, -0.25) is 9.78 Å². The first-order chi connectivity index (χ1) is 13.5. The second kappa shape index (κ2) is 7.06. The van der Waals surface area contributed by atoms with Crippen LogP contribution in [0.2, 0.25) is 0 Å². The lowest BCUT2D eigenvalue weighted by molar-refractivity contribution is 0.199. The Hall–Kier alpha value is -3.82. The molecule has 1 atom stereocenters. The van der Waals surface area contributed by atoms with Crippen molar-refractivity contribution in [2.75, 3.05) is 6.61 Å². The number of imidazole rings is 1. The van der Waals surface area contributed by atoms with Crippen LogP contribution in [0.3, 0.4) is 0 Å². The minimum Gasteiger partial charge on any atom is -0.486 e. The highest BCUT2D eigenvalue weighted by molar-refractivity contribution is 5.64. The van der Waals surface area contributed by atoms with Crippen molar-refractivity contribution in [3.8, 4) is 17.0 Å². The van der Waals surface area contributed by atoms with Gasteiger partial charge >= 0.3 is 5.69 Å². The van der Waals surface area contributed by atoms with Crippen molar-refractivity contribution < 1.29 is 13.5 Å². The van der Waals surface area contributed by atoms with E-state index in [0.717, 1.165) is 0 Å². The van der Waals surface area contributed by atoms with Gasteiger partial charge in [-0.1, -0.05) is 12.1 Å². The fraction of sp³-hybridized carbons (Fsp3) is 0.111. The number of alkyl halides is 1. The standard InChI is InChI=1S/C18H13F2N5O3/c19-11-3-1-10(2-4-11)13(20)9-28-15-7-14(24-25-6-5-21-16(15)25)12-8-22-18(27)23-17(12)26/h1-8,13H,9H2,(H2,22,23,26,27). The minimum atomic E-state index is -1.50. The highest BCUT2D eigenvalue weighted by atomic mass is 19.1. The molecule has 0 bridgehead atoms. The lowest BCUT2D eigenvalue weighted by atomic mass is 10.1. The van der Waals surface area contributed by atoms with E-state index in [-0.39, 0.29) is 29.2 Å². The predicted octanol–water partition coefficient (Wildman–Crippen LogP) is 2.00. The van der Waals surface area contributed by atoms with Crippen LogP contribution in [-0.2, 0) is 0 Å². The Morgan fingerprint density at radius 3 is 2.75 bits per heavy atom. The van der Waals surface area contributed by atoms with Gasteiger partial charge in [-0.2, -0.15) is 5.10 Å². The molecule has 28 heavy (non-hydrogen) atoms. The second-order valence-corrected chi connectivity index (χ2v) is 5.90. The van der Waals surface area contributed by atoms with Crippen molar-refractivity contribution in [1.82, 2.24) is 24.6 Å². The van der Waals surface area contributed by atoms with Gasteiger partial charge in [0.15, 0.2) is 17.6 Å². The molecular weight excluding hydrogens is 372 g/mol. The lowest BCUT2D eigenvalue weighted by Gasteiger charge is -2.12. The monoisotopic (exact) mass is 385 g/mol. The van der Waals surface area contributed by atoms with Gasteiger partial charge in [0.1, 0.15) is 18.1 Å². The number of ether oxygens (including phenoxy) is 1. The molecule has 0 saturated heterocycles. The summed E-state index contributed by atoms with van der Waals surface area (Å²) in [6, 6.07) is 6.45. The summed E-state index contributed by atoms with van der Waals surface area (Å²) in [6.07, 6.45) is 2.75. The highest BCUT2D eigenvalue weighted by Gasteiger charge is 2.16. The average Bonchev–Trinajstić information content (AvgIpc) is 3.15. The average molecular weight is 385 g/mol. The molecule has 0 saturated carbocycles. The van der Waals surface area contributed by atoms with E-state index in [1.807, 2.05) is 0 Å². The van der Waals surface area contributed by atoms with Gasteiger partial charge in [0.05, 0.1) is 5.56 Å². The third-order valence-corrected chi connectivity index (χ3v) is 4.04. The molecule has 1 unspecified atom stereocenters. The van der Waals surface area contributed by atoms with Crippen LogP contribution >= 0.6 is 0 Å². The number of hydrogen-bond acceptors (Lipinski definition) is 5. The van der Waals surface area contributed by atoms with E-state index in [2.05, 4.69) is 20.1 Å². The number of H-pyrrole nitrogens is 2. The number of rotatable bonds is 5. The fourth-order valence-electron chi connectivity index (χ4n) is 2.66. The quantitative estimate of drug-likeness (QED) is 0.547. The van der Waals surface area contributed by atoms with Crippen molar-refractivity contribution in [3.63, 3.8) is 0 Å². The zero-order chi connectivity index (χ0) is 19.7. The summed E-state index contributed by atoms with van der Waals surface area (Å²) in [5.41, 5.74) is -0.363.